The van der Waals surface area contributed by atoms with Crippen LogP contribution < -0.4 is 0 Å². The van der Waals surface area contributed by atoms with E-state index in [1.54, 1.807) is 0 Å². The molecule has 0 aliphatic carbocycles. The number of rotatable bonds is 2. The minimum Gasteiger partial charge on any atom is -0.508 e. The molecule has 0 saturated carbocycles. The van der Waals surface area contributed by atoms with Gasteiger partial charge in [0.15, 0.2) is 0 Å². The molecule has 1 aromatic rings. The molecule has 12 heavy (non-hydrogen) atoms. The number of nitrogens with zero attached hydrogens (tertiary/aromatic N) is 1. The van der Waals surface area contributed by atoms with Gasteiger partial charge in [-0.2, -0.15) is 0 Å². The molecule has 1 rings (SSSR count). The lowest BCUT2D eigenvalue weighted by Crippen LogP contribution is -1.82. The number of hydrogen-bond acceptors (Lipinski definition) is 4. The molecule has 0 fully saturated rings. The van der Waals surface area contributed by atoms with E-state index < -0.39 is 0 Å². The summed E-state index contributed by atoms with van der Waals surface area (Å²) in [6.45, 7) is 0. The molecular formula is C8H9NO3. The first-order valence-electron chi connectivity index (χ1n) is 3.32. The van der Waals surface area contributed by atoms with Gasteiger partial charge < -0.3 is 15.1 Å². The van der Waals surface area contributed by atoms with Crippen LogP contribution in [0.3, 0.4) is 0 Å². The molecule has 0 spiro atoms. The molecule has 4 heteroatoms. The van der Waals surface area contributed by atoms with Crippen molar-refractivity contribution in [2.45, 2.75) is 0 Å². The number of hydrogen-bond donors (Lipinski definition) is 2. The first kappa shape index (κ1) is 8.39. The lowest BCUT2D eigenvalue weighted by molar-refractivity contribution is 0.215. The zero-order valence-corrected chi connectivity index (χ0v) is 6.56. The van der Waals surface area contributed by atoms with E-state index >= 15 is 0 Å². The second kappa shape index (κ2) is 3.61. The number of aromatic hydroxyl groups is 2. The van der Waals surface area contributed by atoms with Gasteiger partial charge in [0.05, 0.1) is 6.21 Å². The van der Waals surface area contributed by atoms with Crippen LogP contribution in [0.2, 0.25) is 0 Å². The molecule has 0 heterocycles. The molecule has 0 radical (unpaired) electrons. The molecular weight excluding hydrogens is 158 g/mol. The Hall–Kier alpha value is -1.71. The minimum atomic E-state index is -0.0317. The summed E-state index contributed by atoms with van der Waals surface area (Å²) >= 11 is 0. The summed E-state index contributed by atoms with van der Waals surface area (Å²) in [5.74, 6) is -0.0159. The molecule has 0 saturated heterocycles. The molecule has 1 aromatic carbocycles. The van der Waals surface area contributed by atoms with Crippen LogP contribution >= 0.6 is 0 Å². The summed E-state index contributed by atoms with van der Waals surface area (Å²) in [6.07, 6.45) is 1.36. The highest BCUT2D eigenvalue weighted by Crippen LogP contribution is 2.20. The largest absolute Gasteiger partial charge is 0.508 e. The third kappa shape index (κ3) is 1.88. The van der Waals surface area contributed by atoms with E-state index in [1.807, 2.05) is 0 Å². The molecule has 0 aromatic heterocycles. The summed E-state index contributed by atoms with van der Waals surface area (Å²) in [6, 6.07) is 4.22. The Morgan fingerprint density at radius 1 is 1.42 bits per heavy atom. The minimum absolute atomic E-state index is 0.0158. The van der Waals surface area contributed by atoms with Crippen molar-refractivity contribution in [3.8, 4) is 11.5 Å². The van der Waals surface area contributed by atoms with Crippen LogP contribution in [0.15, 0.2) is 23.4 Å². The highest BCUT2D eigenvalue weighted by Gasteiger charge is 1.98. The van der Waals surface area contributed by atoms with Crippen molar-refractivity contribution in [3.63, 3.8) is 0 Å². The smallest absolute Gasteiger partial charge is 0.128 e. The van der Waals surface area contributed by atoms with Crippen LogP contribution in [0, 0.1) is 0 Å². The fraction of sp³-hybridized carbons (Fsp3) is 0.125. The van der Waals surface area contributed by atoms with Crippen molar-refractivity contribution < 1.29 is 15.1 Å². The molecule has 0 bridgehead atoms. The fourth-order valence-corrected chi connectivity index (χ4v) is 0.751. The third-order valence-electron chi connectivity index (χ3n) is 1.31. The summed E-state index contributed by atoms with van der Waals surface area (Å²) in [5, 5.41) is 21.6. The van der Waals surface area contributed by atoms with Crippen molar-refractivity contribution in [2.75, 3.05) is 7.11 Å². The lowest BCUT2D eigenvalue weighted by Gasteiger charge is -1.97. The third-order valence-corrected chi connectivity index (χ3v) is 1.31. The molecule has 0 atom stereocenters. The van der Waals surface area contributed by atoms with E-state index in [4.69, 9.17) is 5.11 Å². The van der Waals surface area contributed by atoms with Gasteiger partial charge in [-0.3, -0.25) is 0 Å². The average molecular weight is 167 g/mol. The van der Waals surface area contributed by atoms with Crippen molar-refractivity contribution in [1.82, 2.24) is 0 Å². The summed E-state index contributed by atoms with van der Waals surface area (Å²) in [7, 11) is 1.41. The Morgan fingerprint density at radius 3 is 2.75 bits per heavy atom. The predicted octanol–water partition coefficient (Wildman–Crippen LogP) is 1.08. The number of benzene rings is 1. The zero-order valence-electron chi connectivity index (χ0n) is 6.56. The normalized spacial score (nSPS) is 10.4. The molecule has 0 unspecified atom stereocenters. The van der Waals surface area contributed by atoms with E-state index in [1.165, 1.54) is 31.5 Å². The highest BCUT2D eigenvalue weighted by atomic mass is 16.6. The maximum Gasteiger partial charge on any atom is 0.128 e. The van der Waals surface area contributed by atoms with E-state index in [0.717, 1.165) is 0 Å². The highest BCUT2D eigenvalue weighted by molar-refractivity contribution is 5.83. The maximum absolute atomic E-state index is 9.21. The monoisotopic (exact) mass is 167 g/mol. The Kier molecular flexibility index (Phi) is 2.53. The van der Waals surface area contributed by atoms with Gasteiger partial charge in [0, 0.05) is 11.6 Å². The Labute approximate surface area is 69.7 Å². The van der Waals surface area contributed by atoms with Crippen molar-refractivity contribution in [1.29, 1.82) is 0 Å². The second-order valence-corrected chi connectivity index (χ2v) is 2.16. The van der Waals surface area contributed by atoms with Gasteiger partial charge in [-0.1, -0.05) is 5.16 Å². The van der Waals surface area contributed by atoms with E-state index in [0.29, 0.717) is 5.56 Å². The predicted molar refractivity (Wildman–Crippen MR) is 44.4 cm³/mol. The van der Waals surface area contributed by atoms with E-state index in [2.05, 4.69) is 9.99 Å². The quantitative estimate of drug-likeness (QED) is 0.511. The zero-order chi connectivity index (χ0) is 8.97. The van der Waals surface area contributed by atoms with Gasteiger partial charge in [-0.25, -0.2) is 0 Å². The maximum atomic E-state index is 9.21. The van der Waals surface area contributed by atoms with Crippen molar-refractivity contribution >= 4 is 6.21 Å². The van der Waals surface area contributed by atoms with Crippen LogP contribution in [-0.2, 0) is 4.84 Å². The second-order valence-electron chi connectivity index (χ2n) is 2.16. The summed E-state index contributed by atoms with van der Waals surface area (Å²) in [5.41, 5.74) is 0.495. The number of phenolic OH excluding ortho intramolecular Hbond substituents is 2. The molecule has 4 nitrogen and oxygen atoms in total. The Balaban J connectivity index is 2.94. The van der Waals surface area contributed by atoms with E-state index in [9.17, 15) is 5.11 Å². The van der Waals surface area contributed by atoms with Crippen molar-refractivity contribution in [2.24, 2.45) is 5.16 Å². The first-order valence-corrected chi connectivity index (χ1v) is 3.32. The van der Waals surface area contributed by atoms with Gasteiger partial charge in [0.2, 0.25) is 0 Å². The standard InChI is InChI=1S/C8H9NO3/c1-12-9-5-6-2-3-7(10)4-8(6)11/h2-5,10-11H,1H3/b9-5-. The van der Waals surface area contributed by atoms with Gasteiger partial charge in [-0.15, -0.1) is 0 Å². The topological polar surface area (TPSA) is 62.0 Å². The number of oxime groups is 1. The summed E-state index contributed by atoms with van der Waals surface area (Å²) < 4.78 is 0. The van der Waals surface area contributed by atoms with Crippen LogP contribution in [0.1, 0.15) is 5.56 Å². The Morgan fingerprint density at radius 2 is 2.17 bits per heavy atom. The van der Waals surface area contributed by atoms with Crippen LogP contribution in [0.5, 0.6) is 11.5 Å². The molecule has 0 amide bonds. The SMILES string of the molecule is CO/N=C\c1ccc(O)cc1O. The van der Waals surface area contributed by atoms with Crippen LogP contribution in [-0.4, -0.2) is 23.5 Å². The number of phenols is 2. The summed E-state index contributed by atoms with van der Waals surface area (Å²) in [4.78, 5) is 4.43. The molecule has 2 N–H and O–H groups in total. The van der Waals surface area contributed by atoms with Gasteiger partial charge >= 0.3 is 0 Å². The van der Waals surface area contributed by atoms with Crippen molar-refractivity contribution in [3.05, 3.63) is 23.8 Å². The lowest BCUT2D eigenvalue weighted by atomic mass is 10.2. The molecule has 0 aliphatic heterocycles. The van der Waals surface area contributed by atoms with Gasteiger partial charge in [0.1, 0.15) is 18.6 Å². The fourth-order valence-electron chi connectivity index (χ4n) is 0.751. The van der Waals surface area contributed by atoms with Gasteiger partial charge in [0.25, 0.3) is 0 Å². The molecule has 0 aliphatic rings. The van der Waals surface area contributed by atoms with Crippen LogP contribution in [0.25, 0.3) is 0 Å². The first-order chi connectivity index (χ1) is 5.74. The van der Waals surface area contributed by atoms with Gasteiger partial charge in [-0.05, 0) is 12.1 Å². The van der Waals surface area contributed by atoms with Crippen LogP contribution in [0.4, 0.5) is 0 Å². The molecule has 64 valence electrons. The van der Waals surface area contributed by atoms with E-state index in [-0.39, 0.29) is 11.5 Å². The Bertz CT molecular complexity index is 296. The average Bonchev–Trinajstić information content (AvgIpc) is 2.03.